The van der Waals surface area contributed by atoms with Crippen LogP contribution in [0.3, 0.4) is 0 Å². The highest BCUT2D eigenvalue weighted by Gasteiger charge is 2.36. The number of carboxylic acid groups (broad SMARTS) is 1. The van der Waals surface area contributed by atoms with Crippen LogP contribution in [0.2, 0.25) is 0 Å². The topological polar surface area (TPSA) is 40.5 Å². The molecule has 17 heavy (non-hydrogen) atoms. The SMILES string of the molecule is CC1CCCC(C)C1N1CCCC(C(=O)O)C1. The van der Waals surface area contributed by atoms with E-state index in [9.17, 15) is 4.79 Å². The zero-order valence-electron chi connectivity index (χ0n) is 11.1. The number of rotatable bonds is 2. The van der Waals surface area contributed by atoms with Crippen LogP contribution in [-0.4, -0.2) is 35.1 Å². The zero-order valence-corrected chi connectivity index (χ0v) is 11.1. The summed E-state index contributed by atoms with van der Waals surface area (Å²) in [6, 6.07) is 0.617. The number of likely N-dealkylation sites (tertiary alicyclic amines) is 1. The van der Waals surface area contributed by atoms with E-state index in [1.807, 2.05) is 0 Å². The maximum atomic E-state index is 11.1. The summed E-state index contributed by atoms with van der Waals surface area (Å²) in [5.74, 6) is 0.716. The van der Waals surface area contributed by atoms with Crippen molar-refractivity contribution in [1.29, 1.82) is 0 Å². The molecule has 3 atom stereocenters. The number of carboxylic acids is 1. The van der Waals surface area contributed by atoms with Gasteiger partial charge in [0, 0.05) is 12.6 Å². The van der Waals surface area contributed by atoms with E-state index in [1.165, 1.54) is 19.3 Å². The number of hydrogen-bond donors (Lipinski definition) is 1. The minimum Gasteiger partial charge on any atom is -0.481 e. The van der Waals surface area contributed by atoms with Crippen molar-refractivity contribution in [2.24, 2.45) is 17.8 Å². The Hall–Kier alpha value is -0.570. The van der Waals surface area contributed by atoms with Gasteiger partial charge in [-0.2, -0.15) is 0 Å². The summed E-state index contributed by atoms with van der Waals surface area (Å²) < 4.78 is 0. The number of carbonyl (C=O) groups is 1. The maximum Gasteiger partial charge on any atom is 0.307 e. The fraction of sp³-hybridized carbons (Fsp3) is 0.929. The molecule has 0 spiro atoms. The van der Waals surface area contributed by atoms with Crippen molar-refractivity contribution in [3.05, 3.63) is 0 Å². The molecule has 1 heterocycles. The van der Waals surface area contributed by atoms with E-state index >= 15 is 0 Å². The molecule has 1 aliphatic carbocycles. The lowest BCUT2D eigenvalue weighted by Gasteiger charge is -2.45. The molecule has 2 rings (SSSR count). The van der Waals surface area contributed by atoms with Crippen LogP contribution in [-0.2, 0) is 4.79 Å². The molecular weight excluding hydrogens is 214 g/mol. The molecule has 0 amide bonds. The molecule has 3 heteroatoms. The van der Waals surface area contributed by atoms with Crippen LogP contribution < -0.4 is 0 Å². The van der Waals surface area contributed by atoms with E-state index < -0.39 is 5.97 Å². The molecule has 3 unspecified atom stereocenters. The van der Waals surface area contributed by atoms with Gasteiger partial charge in [-0.25, -0.2) is 0 Å². The van der Waals surface area contributed by atoms with Gasteiger partial charge in [-0.15, -0.1) is 0 Å². The Morgan fingerprint density at radius 2 is 1.76 bits per heavy atom. The van der Waals surface area contributed by atoms with Crippen molar-refractivity contribution in [2.45, 2.75) is 52.0 Å². The third-order valence-electron chi connectivity index (χ3n) is 4.71. The molecule has 1 aliphatic heterocycles. The van der Waals surface area contributed by atoms with Crippen molar-refractivity contribution in [1.82, 2.24) is 4.90 Å². The van der Waals surface area contributed by atoms with Gasteiger partial charge in [0.25, 0.3) is 0 Å². The van der Waals surface area contributed by atoms with Crippen LogP contribution in [0.5, 0.6) is 0 Å². The Bertz CT molecular complexity index is 269. The highest BCUT2D eigenvalue weighted by molar-refractivity contribution is 5.70. The summed E-state index contributed by atoms with van der Waals surface area (Å²) in [7, 11) is 0. The van der Waals surface area contributed by atoms with Gasteiger partial charge >= 0.3 is 5.97 Å². The second-order valence-corrected chi connectivity index (χ2v) is 6.05. The van der Waals surface area contributed by atoms with E-state index in [-0.39, 0.29) is 5.92 Å². The lowest BCUT2D eigenvalue weighted by molar-refractivity contribution is -0.144. The highest BCUT2D eigenvalue weighted by Crippen LogP contribution is 2.34. The smallest absolute Gasteiger partial charge is 0.307 e. The van der Waals surface area contributed by atoms with Crippen LogP contribution in [0.1, 0.15) is 46.0 Å². The number of piperidine rings is 1. The largest absolute Gasteiger partial charge is 0.481 e. The normalized spacial score (nSPS) is 40.1. The molecule has 1 N–H and O–H groups in total. The standard InChI is InChI=1S/C14H25NO2/c1-10-5-3-6-11(2)13(10)15-8-4-7-12(9-15)14(16)17/h10-13H,3-9H2,1-2H3,(H,16,17). The minimum atomic E-state index is -0.606. The van der Waals surface area contributed by atoms with Crippen LogP contribution >= 0.6 is 0 Å². The molecule has 0 aromatic heterocycles. The average Bonchev–Trinajstić information content (AvgIpc) is 2.29. The second kappa shape index (κ2) is 5.38. The van der Waals surface area contributed by atoms with E-state index in [2.05, 4.69) is 18.7 Å². The molecule has 2 aliphatic rings. The third kappa shape index (κ3) is 2.82. The quantitative estimate of drug-likeness (QED) is 0.805. The van der Waals surface area contributed by atoms with Crippen molar-refractivity contribution >= 4 is 5.97 Å². The summed E-state index contributed by atoms with van der Waals surface area (Å²) in [4.78, 5) is 13.6. The van der Waals surface area contributed by atoms with Gasteiger partial charge in [0.05, 0.1) is 5.92 Å². The van der Waals surface area contributed by atoms with E-state index in [4.69, 9.17) is 5.11 Å². The summed E-state index contributed by atoms with van der Waals surface area (Å²) in [6.45, 7) is 6.55. The molecule has 3 nitrogen and oxygen atoms in total. The molecular formula is C14H25NO2. The molecule has 0 bridgehead atoms. The number of aliphatic carboxylic acids is 1. The first-order valence-corrected chi connectivity index (χ1v) is 7.06. The lowest BCUT2D eigenvalue weighted by Crippen LogP contribution is -2.51. The molecule has 0 aromatic carbocycles. The monoisotopic (exact) mass is 239 g/mol. The van der Waals surface area contributed by atoms with Crippen molar-refractivity contribution in [3.63, 3.8) is 0 Å². The van der Waals surface area contributed by atoms with Crippen molar-refractivity contribution in [2.75, 3.05) is 13.1 Å². The van der Waals surface area contributed by atoms with Gasteiger partial charge in [-0.1, -0.05) is 20.3 Å². The summed E-state index contributed by atoms with van der Waals surface area (Å²) >= 11 is 0. The molecule has 2 fully saturated rings. The Kier molecular flexibility index (Phi) is 4.08. The molecule has 0 aromatic rings. The van der Waals surface area contributed by atoms with Gasteiger partial charge in [0.15, 0.2) is 0 Å². The fourth-order valence-corrected chi connectivity index (χ4v) is 3.86. The van der Waals surface area contributed by atoms with Crippen LogP contribution in [0, 0.1) is 17.8 Å². The first-order chi connectivity index (χ1) is 8.09. The average molecular weight is 239 g/mol. The van der Waals surface area contributed by atoms with Crippen molar-refractivity contribution in [3.8, 4) is 0 Å². The zero-order chi connectivity index (χ0) is 12.4. The van der Waals surface area contributed by atoms with Gasteiger partial charge in [0.1, 0.15) is 0 Å². The van der Waals surface area contributed by atoms with E-state index in [0.717, 1.165) is 37.8 Å². The highest BCUT2D eigenvalue weighted by atomic mass is 16.4. The first kappa shape index (κ1) is 12.9. The van der Waals surface area contributed by atoms with Crippen LogP contribution in [0.4, 0.5) is 0 Å². The second-order valence-electron chi connectivity index (χ2n) is 6.05. The Morgan fingerprint density at radius 3 is 2.35 bits per heavy atom. The fourth-order valence-electron chi connectivity index (χ4n) is 3.86. The molecule has 1 saturated heterocycles. The third-order valence-corrected chi connectivity index (χ3v) is 4.71. The molecule has 0 radical (unpaired) electrons. The van der Waals surface area contributed by atoms with Gasteiger partial charge in [0.2, 0.25) is 0 Å². The van der Waals surface area contributed by atoms with Crippen LogP contribution in [0.15, 0.2) is 0 Å². The Morgan fingerprint density at radius 1 is 1.12 bits per heavy atom. The van der Waals surface area contributed by atoms with Crippen LogP contribution in [0.25, 0.3) is 0 Å². The number of hydrogen-bond acceptors (Lipinski definition) is 2. The van der Waals surface area contributed by atoms with Gasteiger partial charge in [-0.3, -0.25) is 9.69 Å². The van der Waals surface area contributed by atoms with E-state index in [0.29, 0.717) is 6.04 Å². The lowest BCUT2D eigenvalue weighted by atomic mass is 9.77. The Labute approximate surface area is 104 Å². The molecule has 1 saturated carbocycles. The predicted molar refractivity (Wildman–Crippen MR) is 67.9 cm³/mol. The van der Waals surface area contributed by atoms with Crippen molar-refractivity contribution < 1.29 is 9.90 Å². The maximum absolute atomic E-state index is 11.1. The first-order valence-electron chi connectivity index (χ1n) is 7.06. The predicted octanol–water partition coefficient (Wildman–Crippen LogP) is 2.61. The summed E-state index contributed by atoms with van der Waals surface area (Å²) in [6.07, 6.45) is 5.87. The molecule has 98 valence electrons. The summed E-state index contributed by atoms with van der Waals surface area (Å²) in [5, 5.41) is 9.16. The van der Waals surface area contributed by atoms with E-state index in [1.54, 1.807) is 0 Å². The summed E-state index contributed by atoms with van der Waals surface area (Å²) in [5.41, 5.74) is 0. The number of nitrogens with zero attached hydrogens (tertiary/aromatic N) is 1. The minimum absolute atomic E-state index is 0.134. The Balaban J connectivity index is 2.02. The van der Waals surface area contributed by atoms with Gasteiger partial charge in [-0.05, 0) is 44.1 Å². The van der Waals surface area contributed by atoms with Gasteiger partial charge < -0.3 is 5.11 Å².